The van der Waals surface area contributed by atoms with Crippen LogP contribution in [-0.4, -0.2) is 73.3 Å². The molecule has 18 heavy (non-hydrogen) atoms. The third-order valence-electron chi connectivity index (χ3n) is 3.43. The smallest absolute Gasteiger partial charge is 0.0791 e. The van der Waals surface area contributed by atoms with Gasteiger partial charge in [0.1, 0.15) is 0 Å². The maximum absolute atomic E-state index is 9.99. The highest BCUT2D eigenvalue weighted by molar-refractivity contribution is 4.74. The predicted octanol–water partition coefficient (Wildman–Crippen LogP) is -0.324. The van der Waals surface area contributed by atoms with E-state index in [4.69, 9.17) is 9.84 Å². The minimum absolute atomic E-state index is 0.190. The molecule has 2 atom stereocenters. The lowest BCUT2D eigenvalue weighted by molar-refractivity contribution is 0.0140. The van der Waals surface area contributed by atoms with Gasteiger partial charge in [-0.25, -0.2) is 0 Å². The first kappa shape index (κ1) is 15.9. The van der Waals surface area contributed by atoms with Crippen LogP contribution in [-0.2, 0) is 4.74 Å². The van der Waals surface area contributed by atoms with Crippen molar-refractivity contribution in [3.63, 3.8) is 0 Å². The van der Waals surface area contributed by atoms with Crippen LogP contribution in [0.3, 0.4) is 0 Å². The Morgan fingerprint density at radius 3 is 2.50 bits per heavy atom. The Labute approximate surface area is 110 Å². The van der Waals surface area contributed by atoms with Gasteiger partial charge in [0.15, 0.2) is 0 Å². The number of β-amino-alcohol motifs (C(OH)–C–C–N with tert-alkyl or cyclic N) is 1. The Bertz CT molecular complexity index is 208. The standard InChI is InChI=1S/C13H28N2O3/c1-11(2)13(3-6-16)14-9-12(17)10-15-4-7-18-8-5-15/h11-14,16-17H,3-10H2,1-2H3. The summed E-state index contributed by atoms with van der Waals surface area (Å²) in [5.41, 5.74) is 0. The summed E-state index contributed by atoms with van der Waals surface area (Å²) < 4.78 is 5.28. The van der Waals surface area contributed by atoms with Gasteiger partial charge in [-0.05, 0) is 12.3 Å². The molecule has 108 valence electrons. The van der Waals surface area contributed by atoms with Crippen LogP contribution in [0.25, 0.3) is 0 Å². The third-order valence-corrected chi connectivity index (χ3v) is 3.43. The summed E-state index contributed by atoms with van der Waals surface area (Å²) in [7, 11) is 0. The van der Waals surface area contributed by atoms with Gasteiger partial charge in [-0.3, -0.25) is 4.90 Å². The van der Waals surface area contributed by atoms with Gasteiger partial charge in [0.05, 0.1) is 19.3 Å². The van der Waals surface area contributed by atoms with E-state index >= 15 is 0 Å². The minimum atomic E-state index is -0.358. The van der Waals surface area contributed by atoms with Gasteiger partial charge in [-0.2, -0.15) is 0 Å². The van der Waals surface area contributed by atoms with E-state index in [0.29, 0.717) is 19.0 Å². The molecule has 5 heteroatoms. The Hall–Kier alpha value is -0.200. The molecule has 0 saturated carbocycles. The second-order valence-electron chi connectivity index (χ2n) is 5.34. The summed E-state index contributed by atoms with van der Waals surface area (Å²) in [4.78, 5) is 2.23. The molecule has 1 fully saturated rings. The second kappa shape index (κ2) is 8.82. The molecule has 0 aliphatic carbocycles. The van der Waals surface area contributed by atoms with Crippen LogP contribution < -0.4 is 5.32 Å². The quantitative estimate of drug-likeness (QED) is 0.558. The van der Waals surface area contributed by atoms with E-state index in [9.17, 15) is 5.11 Å². The van der Waals surface area contributed by atoms with Crippen molar-refractivity contribution in [2.45, 2.75) is 32.4 Å². The number of hydrogen-bond acceptors (Lipinski definition) is 5. The molecule has 1 rings (SSSR count). The predicted molar refractivity (Wildman–Crippen MR) is 71.6 cm³/mol. The van der Waals surface area contributed by atoms with E-state index < -0.39 is 0 Å². The molecule has 0 amide bonds. The van der Waals surface area contributed by atoms with Crippen LogP contribution >= 0.6 is 0 Å². The Morgan fingerprint density at radius 2 is 1.94 bits per heavy atom. The van der Waals surface area contributed by atoms with Crippen molar-refractivity contribution in [1.29, 1.82) is 0 Å². The van der Waals surface area contributed by atoms with Gasteiger partial charge in [-0.1, -0.05) is 13.8 Å². The van der Waals surface area contributed by atoms with Gasteiger partial charge in [-0.15, -0.1) is 0 Å². The average molecular weight is 260 g/mol. The van der Waals surface area contributed by atoms with Crippen LogP contribution in [0.1, 0.15) is 20.3 Å². The zero-order valence-corrected chi connectivity index (χ0v) is 11.6. The first-order chi connectivity index (χ1) is 8.63. The molecule has 5 nitrogen and oxygen atoms in total. The first-order valence-electron chi connectivity index (χ1n) is 6.96. The number of morpholine rings is 1. The van der Waals surface area contributed by atoms with Crippen LogP contribution in [0.4, 0.5) is 0 Å². The van der Waals surface area contributed by atoms with Crippen molar-refractivity contribution in [3.8, 4) is 0 Å². The maximum atomic E-state index is 9.99. The van der Waals surface area contributed by atoms with E-state index in [1.165, 1.54) is 0 Å². The fourth-order valence-corrected chi connectivity index (χ4v) is 2.24. The van der Waals surface area contributed by atoms with Gasteiger partial charge >= 0.3 is 0 Å². The molecular formula is C13H28N2O3. The van der Waals surface area contributed by atoms with Crippen molar-refractivity contribution < 1.29 is 14.9 Å². The van der Waals surface area contributed by atoms with Crippen molar-refractivity contribution in [1.82, 2.24) is 10.2 Å². The van der Waals surface area contributed by atoms with Gasteiger partial charge < -0.3 is 20.3 Å². The highest BCUT2D eigenvalue weighted by Gasteiger charge is 2.17. The summed E-state index contributed by atoms with van der Waals surface area (Å²) in [5, 5.41) is 22.3. The minimum Gasteiger partial charge on any atom is -0.396 e. The topological polar surface area (TPSA) is 65.0 Å². The summed E-state index contributed by atoms with van der Waals surface area (Å²) >= 11 is 0. The molecule has 1 saturated heterocycles. The number of ether oxygens (including phenoxy) is 1. The van der Waals surface area contributed by atoms with Crippen LogP contribution in [0.2, 0.25) is 0 Å². The van der Waals surface area contributed by atoms with Crippen molar-refractivity contribution in [2.24, 2.45) is 5.92 Å². The molecule has 2 unspecified atom stereocenters. The molecule has 0 aromatic heterocycles. The van der Waals surface area contributed by atoms with Gasteiger partial charge in [0.25, 0.3) is 0 Å². The Balaban J connectivity index is 2.19. The van der Waals surface area contributed by atoms with Crippen LogP contribution in [0.15, 0.2) is 0 Å². The molecule has 1 aliphatic rings. The van der Waals surface area contributed by atoms with Crippen LogP contribution in [0.5, 0.6) is 0 Å². The Kier molecular flexibility index (Phi) is 7.77. The molecule has 0 aromatic rings. The number of rotatable bonds is 8. The highest BCUT2D eigenvalue weighted by Crippen LogP contribution is 2.06. The zero-order valence-electron chi connectivity index (χ0n) is 11.6. The normalized spacial score (nSPS) is 21.2. The third kappa shape index (κ3) is 6.11. The number of nitrogens with zero attached hydrogens (tertiary/aromatic N) is 1. The van der Waals surface area contributed by atoms with E-state index in [2.05, 4.69) is 24.1 Å². The molecule has 1 heterocycles. The zero-order chi connectivity index (χ0) is 13.4. The van der Waals surface area contributed by atoms with Crippen molar-refractivity contribution in [3.05, 3.63) is 0 Å². The molecule has 0 spiro atoms. The molecule has 0 bridgehead atoms. The van der Waals surface area contributed by atoms with Crippen molar-refractivity contribution in [2.75, 3.05) is 46.0 Å². The SMILES string of the molecule is CC(C)C(CCO)NCC(O)CN1CCOCC1. The highest BCUT2D eigenvalue weighted by atomic mass is 16.5. The molecule has 0 aromatic carbocycles. The second-order valence-corrected chi connectivity index (χ2v) is 5.34. The maximum Gasteiger partial charge on any atom is 0.0791 e. The van der Waals surface area contributed by atoms with E-state index in [-0.39, 0.29) is 18.8 Å². The molecule has 0 radical (unpaired) electrons. The van der Waals surface area contributed by atoms with E-state index in [1.54, 1.807) is 0 Å². The lowest BCUT2D eigenvalue weighted by atomic mass is 10.0. The number of hydrogen-bond donors (Lipinski definition) is 3. The largest absolute Gasteiger partial charge is 0.396 e. The number of nitrogens with one attached hydrogen (secondary N) is 1. The fourth-order valence-electron chi connectivity index (χ4n) is 2.24. The molecule has 3 N–H and O–H groups in total. The lowest BCUT2D eigenvalue weighted by Crippen LogP contribution is -2.46. The van der Waals surface area contributed by atoms with Gasteiger partial charge in [0.2, 0.25) is 0 Å². The molecule has 1 aliphatic heterocycles. The number of aliphatic hydroxyl groups excluding tert-OH is 2. The summed E-state index contributed by atoms with van der Waals surface area (Å²) in [6, 6.07) is 0.273. The Morgan fingerprint density at radius 1 is 1.28 bits per heavy atom. The van der Waals surface area contributed by atoms with Gasteiger partial charge in [0, 0.05) is 38.8 Å². The summed E-state index contributed by atoms with van der Waals surface area (Å²) in [6.07, 6.45) is 0.380. The van der Waals surface area contributed by atoms with E-state index in [1.807, 2.05) is 0 Å². The van der Waals surface area contributed by atoms with Crippen molar-refractivity contribution >= 4 is 0 Å². The lowest BCUT2D eigenvalue weighted by Gasteiger charge is -2.29. The first-order valence-corrected chi connectivity index (χ1v) is 6.96. The van der Waals surface area contributed by atoms with Crippen LogP contribution in [0, 0.1) is 5.92 Å². The molecular weight excluding hydrogens is 232 g/mol. The van der Waals surface area contributed by atoms with E-state index in [0.717, 1.165) is 32.7 Å². The fraction of sp³-hybridized carbons (Fsp3) is 1.00. The number of aliphatic hydroxyl groups is 2. The average Bonchev–Trinajstić information content (AvgIpc) is 2.35. The summed E-state index contributed by atoms with van der Waals surface area (Å²) in [6.45, 7) is 9.06. The summed E-state index contributed by atoms with van der Waals surface area (Å²) in [5.74, 6) is 0.465. The monoisotopic (exact) mass is 260 g/mol.